The van der Waals surface area contributed by atoms with Crippen molar-refractivity contribution in [3.63, 3.8) is 0 Å². The van der Waals surface area contributed by atoms with Gasteiger partial charge in [-0.15, -0.1) is 11.3 Å². The third-order valence-corrected chi connectivity index (χ3v) is 2.89. The van der Waals surface area contributed by atoms with E-state index in [1.54, 1.807) is 29.7 Å². The minimum atomic E-state index is -0.561. The van der Waals surface area contributed by atoms with Crippen LogP contribution in [0.3, 0.4) is 0 Å². The van der Waals surface area contributed by atoms with Gasteiger partial charge in [0.25, 0.3) is 0 Å². The number of aliphatic hydroxyl groups is 1. The first-order chi connectivity index (χ1) is 7.79. The Morgan fingerprint density at radius 3 is 2.69 bits per heavy atom. The molecule has 0 unspecified atom stereocenters. The van der Waals surface area contributed by atoms with Crippen LogP contribution in [0.4, 0.5) is 4.39 Å². The molecule has 0 radical (unpaired) electrons. The molecule has 0 saturated heterocycles. The molecule has 0 bridgehead atoms. The number of rotatable bonds is 3. The van der Waals surface area contributed by atoms with Gasteiger partial charge in [0.15, 0.2) is 0 Å². The summed E-state index contributed by atoms with van der Waals surface area (Å²) in [4.78, 5) is 4.18. The zero-order valence-electron chi connectivity index (χ0n) is 8.43. The molecule has 4 heteroatoms. The van der Waals surface area contributed by atoms with Crippen LogP contribution in [-0.2, 0) is 0 Å². The van der Waals surface area contributed by atoms with Crippen molar-refractivity contribution in [1.29, 1.82) is 0 Å². The van der Waals surface area contributed by atoms with Crippen LogP contribution < -0.4 is 0 Å². The minimum Gasteiger partial charge on any atom is -0.389 e. The van der Waals surface area contributed by atoms with Crippen molar-refractivity contribution >= 4 is 17.4 Å². The molecule has 1 aromatic heterocycles. The third kappa shape index (κ3) is 2.53. The van der Waals surface area contributed by atoms with E-state index >= 15 is 0 Å². The monoisotopic (exact) mass is 235 g/mol. The quantitative estimate of drug-likeness (QED) is 0.886. The molecule has 0 amide bonds. The van der Waals surface area contributed by atoms with E-state index in [1.807, 2.05) is 17.5 Å². The highest BCUT2D eigenvalue weighted by Crippen LogP contribution is 2.22. The summed E-state index contributed by atoms with van der Waals surface area (Å²) < 4.78 is 12.8. The van der Waals surface area contributed by atoms with Crippen molar-refractivity contribution in [2.75, 3.05) is 6.61 Å². The van der Waals surface area contributed by atoms with Crippen molar-refractivity contribution in [3.8, 4) is 10.6 Å². The zero-order valence-corrected chi connectivity index (χ0v) is 9.25. The Balaban J connectivity index is 2.23. The third-order valence-electron chi connectivity index (χ3n) is 2.06. The summed E-state index contributed by atoms with van der Waals surface area (Å²) in [5.41, 5.74) is 1.74. The topological polar surface area (TPSA) is 33.1 Å². The number of hydrogen-bond acceptors (Lipinski definition) is 3. The van der Waals surface area contributed by atoms with Crippen LogP contribution in [0.2, 0.25) is 0 Å². The fourth-order valence-corrected chi connectivity index (χ4v) is 1.96. The smallest absolute Gasteiger partial charge is 0.126 e. The Morgan fingerprint density at radius 1 is 1.38 bits per heavy atom. The standard InChI is InChI=1S/C12H10FNOS/c13-11(8-15)7-9-1-3-10(4-2-9)12-14-5-6-16-12/h1-7,15H,8H2/b11-7-. The van der Waals surface area contributed by atoms with E-state index in [0.29, 0.717) is 0 Å². The SMILES string of the molecule is OC/C(F)=C/c1ccc(-c2nccs2)cc1. The molecule has 82 valence electrons. The van der Waals surface area contributed by atoms with Crippen LogP contribution in [0.25, 0.3) is 16.6 Å². The molecule has 1 heterocycles. The largest absolute Gasteiger partial charge is 0.389 e. The van der Waals surface area contributed by atoms with Crippen LogP contribution in [0.15, 0.2) is 41.7 Å². The van der Waals surface area contributed by atoms with Crippen molar-refractivity contribution in [1.82, 2.24) is 4.98 Å². The normalized spacial score (nSPS) is 11.8. The van der Waals surface area contributed by atoms with Crippen LogP contribution in [0, 0.1) is 0 Å². The molecule has 0 aliphatic heterocycles. The van der Waals surface area contributed by atoms with Crippen LogP contribution >= 0.6 is 11.3 Å². The number of benzene rings is 1. The molecule has 2 aromatic rings. The van der Waals surface area contributed by atoms with E-state index in [-0.39, 0.29) is 0 Å². The molecule has 16 heavy (non-hydrogen) atoms. The van der Waals surface area contributed by atoms with Gasteiger partial charge in [-0.3, -0.25) is 0 Å². The number of halogens is 1. The Bertz CT molecular complexity index is 476. The Kier molecular flexibility index (Phi) is 3.44. The second-order valence-electron chi connectivity index (χ2n) is 3.21. The van der Waals surface area contributed by atoms with E-state index < -0.39 is 12.4 Å². The van der Waals surface area contributed by atoms with E-state index in [0.717, 1.165) is 16.1 Å². The molecular weight excluding hydrogens is 225 g/mol. The number of aliphatic hydroxyl groups excluding tert-OH is 1. The average molecular weight is 235 g/mol. The van der Waals surface area contributed by atoms with Crippen molar-refractivity contribution < 1.29 is 9.50 Å². The first-order valence-corrected chi connectivity index (χ1v) is 5.64. The number of nitrogens with zero attached hydrogens (tertiary/aromatic N) is 1. The second-order valence-corrected chi connectivity index (χ2v) is 4.10. The Labute approximate surface area is 96.7 Å². The molecule has 1 aromatic carbocycles. The van der Waals surface area contributed by atoms with Crippen molar-refractivity contribution in [2.45, 2.75) is 0 Å². The van der Waals surface area contributed by atoms with Gasteiger partial charge in [0.2, 0.25) is 0 Å². The molecule has 0 aliphatic rings. The molecule has 0 atom stereocenters. The highest BCUT2D eigenvalue weighted by atomic mass is 32.1. The maximum absolute atomic E-state index is 12.8. The zero-order chi connectivity index (χ0) is 11.4. The van der Waals surface area contributed by atoms with E-state index in [9.17, 15) is 4.39 Å². The minimum absolute atomic E-state index is 0.540. The van der Waals surface area contributed by atoms with Gasteiger partial charge in [0.05, 0.1) is 6.61 Å². The maximum atomic E-state index is 12.8. The van der Waals surface area contributed by atoms with Gasteiger partial charge < -0.3 is 5.11 Å². The summed E-state index contributed by atoms with van der Waals surface area (Å²) in [6.07, 6.45) is 3.06. The average Bonchev–Trinajstić information content (AvgIpc) is 2.83. The van der Waals surface area contributed by atoms with E-state index in [2.05, 4.69) is 4.98 Å². The van der Waals surface area contributed by atoms with Gasteiger partial charge in [-0.1, -0.05) is 24.3 Å². The molecule has 1 N–H and O–H groups in total. The summed E-state index contributed by atoms with van der Waals surface area (Å²) in [6, 6.07) is 7.36. The second kappa shape index (κ2) is 5.01. The summed E-state index contributed by atoms with van der Waals surface area (Å²) in [6.45, 7) is -0.561. The number of thiazole rings is 1. The maximum Gasteiger partial charge on any atom is 0.126 e. The van der Waals surface area contributed by atoms with Gasteiger partial charge in [-0.2, -0.15) is 0 Å². The summed E-state index contributed by atoms with van der Waals surface area (Å²) in [7, 11) is 0. The summed E-state index contributed by atoms with van der Waals surface area (Å²) >= 11 is 1.56. The lowest BCUT2D eigenvalue weighted by Gasteiger charge is -1.98. The van der Waals surface area contributed by atoms with Gasteiger partial charge in [-0.25, -0.2) is 9.37 Å². The predicted octanol–water partition coefficient (Wildman–Crippen LogP) is 3.11. The molecule has 0 fully saturated rings. The molecule has 2 rings (SSSR count). The van der Waals surface area contributed by atoms with Crippen molar-refractivity contribution in [2.24, 2.45) is 0 Å². The van der Waals surface area contributed by atoms with Crippen molar-refractivity contribution in [3.05, 3.63) is 47.2 Å². The Hall–Kier alpha value is -1.52. The first kappa shape index (κ1) is 11.0. The first-order valence-electron chi connectivity index (χ1n) is 4.76. The fraction of sp³-hybridized carbons (Fsp3) is 0.0833. The number of aromatic nitrogens is 1. The lowest BCUT2D eigenvalue weighted by Crippen LogP contribution is -1.82. The fourth-order valence-electron chi connectivity index (χ4n) is 1.31. The number of hydrogen-bond donors (Lipinski definition) is 1. The Morgan fingerprint density at radius 2 is 2.12 bits per heavy atom. The van der Waals surface area contributed by atoms with Crippen LogP contribution in [-0.4, -0.2) is 16.7 Å². The lowest BCUT2D eigenvalue weighted by molar-refractivity contribution is 0.300. The lowest BCUT2D eigenvalue weighted by atomic mass is 10.1. The van der Waals surface area contributed by atoms with Crippen LogP contribution in [0.1, 0.15) is 5.56 Å². The van der Waals surface area contributed by atoms with Gasteiger partial charge >= 0.3 is 0 Å². The molecule has 0 spiro atoms. The van der Waals surface area contributed by atoms with Crippen LogP contribution in [0.5, 0.6) is 0 Å². The molecular formula is C12H10FNOS. The highest BCUT2D eigenvalue weighted by molar-refractivity contribution is 7.13. The van der Waals surface area contributed by atoms with E-state index in [1.165, 1.54) is 6.08 Å². The van der Waals surface area contributed by atoms with Gasteiger partial charge in [0.1, 0.15) is 10.8 Å². The summed E-state index contributed by atoms with van der Waals surface area (Å²) in [5.74, 6) is -0.540. The highest BCUT2D eigenvalue weighted by Gasteiger charge is 1.99. The molecule has 0 aliphatic carbocycles. The summed E-state index contributed by atoms with van der Waals surface area (Å²) in [5, 5.41) is 11.4. The molecule has 2 nitrogen and oxygen atoms in total. The molecule has 0 saturated carbocycles. The van der Waals surface area contributed by atoms with E-state index in [4.69, 9.17) is 5.11 Å². The van der Waals surface area contributed by atoms with Gasteiger partial charge in [0, 0.05) is 17.1 Å². The van der Waals surface area contributed by atoms with Gasteiger partial charge in [-0.05, 0) is 11.6 Å². The predicted molar refractivity (Wildman–Crippen MR) is 63.7 cm³/mol.